The highest BCUT2D eigenvalue weighted by atomic mass is 32.1. The summed E-state index contributed by atoms with van der Waals surface area (Å²) in [6.07, 6.45) is 5.47. The predicted molar refractivity (Wildman–Crippen MR) is 109 cm³/mol. The molecule has 0 saturated carbocycles. The minimum absolute atomic E-state index is 0.0184. The van der Waals surface area contributed by atoms with Crippen LogP contribution >= 0.6 is 12.2 Å². The van der Waals surface area contributed by atoms with Crippen molar-refractivity contribution in [3.63, 3.8) is 0 Å². The lowest BCUT2D eigenvalue weighted by Crippen LogP contribution is -2.52. The number of para-hydroxylation sites is 1. The quantitative estimate of drug-likeness (QED) is 0.485. The lowest BCUT2D eigenvalue weighted by Gasteiger charge is -2.24. The lowest BCUT2D eigenvalue weighted by atomic mass is 10.1. The van der Waals surface area contributed by atoms with E-state index >= 15 is 0 Å². The number of likely N-dealkylation sites (N-methyl/N-ethyl adjacent to an activating group) is 1. The topological polar surface area (TPSA) is 74.7 Å². The molecule has 0 unspecified atom stereocenters. The molecule has 28 heavy (non-hydrogen) atoms. The monoisotopic (exact) mass is 396 g/mol. The Morgan fingerprint density at radius 2 is 1.93 bits per heavy atom. The van der Waals surface area contributed by atoms with Crippen molar-refractivity contribution in [2.75, 3.05) is 20.1 Å². The number of likely N-dealkylation sites (tertiary alicyclic amines) is 1. The molecule has 144 valence electrons. The van der Waals surface area contributed by atoms with Crippen molar-refractivity contribution in [2.45, 2.75) is 19.4 Å². The Morgan fingerprint density at radius 3 is 2.68 bits per heavy atom. The molecule has 1 aromatic carbocycles. The van der Waals surface area contributed by atoms with Crippen molar-refractivity contribution in [2.24, 2.45) is 0 Å². The molecule has 1 aromatic heterocycles. The summed E-state index contributed by atoms with van der Waals surface area (Å²) in [6.45, 7) is 1.83. The van der Waals surface area contributed by atoms with Gasteiger partial charge < -0.3 is 9.47 Å². The molecule has 0 atom stereocenters. The van der Waals surface area contributed by atoms with Gasteiger partial charge >= 0.3 is 0 Å². The van der Waals surface area contributed by atoms with E-state index in [1.807, 2.05) is 39.9 Å². The lowest BCUT2D eigenvalue weighted by molar-refractivity contribution is -0.131. The number of thiocarbonyl (C=S) groups is 1. The minimum atomic E-state index is -0.516. The van der Waals surface area contributed by atoms with Crippen LogP contribution in [0.4, 0.5) is 0 Å². The van der Waals surface area contributed by atoms with Gasteiger partial charge in [0.05, 0.1) is 0 Å². The summed E-state index contributed by atoms with van der Waals surface area (Å²) in [5.74, 6) is -0.883. The number of hydrogen-bond donors (Lipinski definition) is 1. The number of aromatic nitrogens is 1. The fourth-order valence-electron chi connectivity index (χ4n) is 3.63. The van der Waals surface area contributed by atoms with Gasteiger partial charge in [0, 0.05) is 42.8 Å². The van der Waals surface area contributed by atoms with Crippen molar-refractivity contribution in [1.82, 2.24) is 19.7 Å². The Morgan fingerprint density at radius 1 is 1.21 bits per heavy atom. The SMILES string of the molecule is CN1C(=O)C(=Cc2cn(CC(=O)N3CCCC3)c3ccccc23)C(=O)NC1=S. The summed E-state index contributed by atoms with van der Waals surface area (Å²) < 4.78 is 1.88. The first-order valence-electron chi connectivity index (χ1n) is 9.16. The van der Waals surface area contributed by atoms with Gasteiger partial charge in [0.15, 0.2) is 5.11 Å². The summed E-state index contributed by atoms with van der Waals surface area (Å²) in [5.41, 5.74) is 1.61. The van der Waals surface area contributed by atoms with Crippen molar-refractivity contribution in [3.05, 3.63) is 41.6 Å². The fourth-order valence-corrected chi connectivity index (χ4v) is 3.81. The third-order valence-corrected chi connectivity index (χ3v) is 5.56. The van der Waals surface area contributed by atoms with Gasteiger partial charge in [-0.05, 0) is 37.2 Å². The molecule has 0 radical (unpaired) electrons. The predicted octanol–water partition coefficient (Wildman–Crippen LogP) is 1.52. The normalized spacial score (nSPS) is 19.0. The number of nitrogens with zero attached hydrogens (tertiary/aromatic N) is 3. The molecule has 2 aliphatic heterocycles. The summed E-state index contributed by atoms with van der Waals surface area (Å²) in [6, 6.07) is 7.64. The highest BCUT2D eigenvalue weighted by Gasteiger charge is 2.31. The number of hydrogen-bond acceptors (Lipinski definition) is 4. The van der Waals surface area contributed by atoms with Gasteiger partial charge in [-0.3, -0.25) is 24.6 Å². The van der Waals surface area contributed by atoms with E-state index in [2.05, 4.69) is 5.32 Å². The first kappa shape index (κ1) is 18.4. The van der Waals surface area contributed by atoms with Crippen LogP contribution in [-0.2, 0) is 20.9 Å². The molecular weight excluding hydrogens is 376 g/mol. The minimum Gasteiger partial charge on any atom is -0.341 e. The molecule has 2 aliphatic rings. The van der Waals surface area contributed by atoms with E-state index in [0.29, 0.717) is 5.56 Å². The first-order chi connectivity index (χ1) is 13.5. The van der Waals surface area contributed by atoms with E-state index in [0.717, 1.165) is 36.8 Å². The van der Waals surface area contributed by atoms with E-state index < -0.39 is 11.8 Å². The number of nitrogens with one attached hydrogen (secondary N) is 1. The van der Waals surface area contributed by atoms with Gasteiger partial charge in [-0.2, -0.15) is 0 Å². The number of carbonyl (C=O) groups is 3. The molecule has 2 aromatic rings. The maximum absolute atomic E-state index is 12.6. The average Bonchev–Trinajstić information content (AvgIpc) is 3.33. The summed E-state index contributed by atoms with van der Waals surface area (Å²) >= 11 is 4.98. The third-order valence-electron chi connectivity index (χ3n) is 5.19. The van der Waals surface area contributed by atoms with Crippen molar-refractivity contribution in [1.29, 1.82) is 0 Å². The van der Waals surface area contributed by atoms with Crippen LogP contribution in [-0.4, -0.2) is 57.3 Å². The van der Waals surface area contributed by atoms with Gasteiger partial charge in [-0.15, -0.1) is 0 Å². The van der Waals surface area contributed by atoms with Crippen LogP contribution in [0, 0.1) is 0 Å². The smallest absolute Gasteiger partial charge is 0.265 e. The van der Waals surface area contributed by atoms with Crippen LogP contribution in [0.2, 0.25) is 0 Å². The van der Waals surface area contributed by atoms with Gasteiger partial charge in [0.2, 0.25) is 5.91 Å². The number of carbonyl (C=O) groups excluding carboxylic acids is 3. The zero-order chi connectivity index (χ0) is 19.8. The van der Waals surface area contributed by atoms with Gasteiger partial charge in [-0.1, -0.05) is 18.2 Å². The maximum atomic E-state index is 12.6. The van der Waals surface area contributed by atoms with Gasteiger partial charge in [-0.25, -0.2) is 0 Å². The van der Waals surface area contributed by atoms with Crippen LogP contribution in [0.5, 0.6) is 0 Å². The van der Waals surface area contributed by atoms with E-state index in [1.165, 1.54) is 11.9 Å². The number of fused-ring (bicyclic) bond motifs is 1. The molecule has 1 N–H and O–H groups in total. The average molecular weight is 396 g/mol. The molecule has 0 bridgehead atoms. The van der Waals surface area contributed by atoms with Crippen LogP contribution in [0.1, 0.15) is 18.4 Å². The number of rotatable bonds is 3. The van der Waals surface area contributed by atoms with Crippen LogP contribution < -0.4 is 5.32 Å². The second kappa shape index (κ2) is 7.20. The van der Waals surface area contributed by atoms with E-state index in [9.17, 15) is 14.4 Å². The van der Waals surface area contributed by atoms with E-state index in [4.69, 9.17) is 12.2 Å². The Kier molecular flexibility index (Phi) is 4.72. The number of amides is 3. The van der Waals surface area contributed by atoms with Crippen molar-refractivity contribution in [3.8, 4) is 0 Å². The van der Waals surface area contributed by atoms with Crippen molar-refractivity contribution < 1.29 is 14.4 Å². The highest BCUT2D eigenvalue weighted by molar-refractivity contribution is 7.80. The van der Waals surface area contributed by atoms with Crippen LogP contribution in [0.25, 0.3) is 17.0 Å². The molecule has 2 fully saturated rings. The third kappa shape index (κ3) is 3.20. The summed E-state index contributed by atoms with van der Waals surface area (Å²) in [7, 11) is 1.52. The summed E-state index contributed by atoms with van der Waals surface area (Å²) in [4.78, 5) is 40.5. The Hall–Kier alpha value is -3.00. The molecule has 3 amide bonds. The fraction of sp³-hybridized carbons (Fsp3) is 0.300. The molecule has 0 aliphatic carbocycles. The molecule has 4 rings (SSSR count). The standard InChI is InChI=1S/C20H20N4O3S/c1-22-19(27)15(18(26)21-20(22)28)10-13-11-24(16-7-3-2-6-14(13)16)12-17(25)23-8-4-5-9-23/h2-3,6-7,10-11H,4-5,8-9,12H2,1H3,(H,21,26,28). The molecule has 3 heterocycles. The van der Waals surface area contributed by atoms with Crippen LogP contribution in [0.15, 0.2) is 36.0 Å². The molecule has 2 saturated heterocycles. The zero-order valence-corrected chi connectivity index (χ0v) is 16.3. The zero-order valence-electron chi connectivity index (χ0n) is 15.5. The second-order valence-corrected chi connectivity index (χ2v) is 7.39. The van der Waals surface area contributed by atoms with Crippen molar-refractivity contribution >= 4 is 52.0 Å². The Balaban J connectivity index is 1.72. The van der Waals surface area contributed by atoms with Gasteiger partial charge in [0.25, 0.3) is 11.8 Å². The second-order valence-electron chi connectivity index (χ2n) is 7.00. The number of benzene rings is 1. The molecule has 8 heteroatoms. The highest BCUT2D eigenvalue weighted by Crippen LogP contribution is 2.25. The molecular formula is C20H20N4O3S. The maximum Gasteiger partial charge on any atom is 0.265 e. The largest absolute Gasteiger partial charge is 0.341 e. The molecule has 7 nitrogen and oxygen atoms in total. The van der Waals surface area contributed by atoms with Gasteiger partial charge in [0.1, 0.15) is 12.1 Å². The summed E-state index contributed by atoms with van der Waals surface area (Å²) in [5, 5.41) is 3.48. The van der Waals surface area contributed by atoms with Crippen LogP contribution in [0.3, 0.4) is 0 Å². The van der Waals surface area contributed by atoms with E-state index in [1.54, 1.807) is 6.08 Å². The molecule has 0 spiro atoms. The first-order valence-corrected chi connectivity index (χ1v) is 9.57. The van der Waals surface area contributed by atoms with E-state index in [-0.39, 0.29) is 23.1 Å². The Labute approximate surface area is 167 Å². The Bertz CT molecular complexity index is 1030.